The van der Waals surface area contributed by atoms with Gasteiger partial charge in [-0.15, -0.1) is 5.10 Å². The number of aromatic nitrogens is 3. The standard InChI is InChI=1S/C43H67N7O11/c1-12-33-42(7)36(50(41(55)61-42)19-14-13-18-49-23-31(46-47-49)29-16-15-17-30(44)21-29)28(6)45-38(53)24(2)22-43(56-10,57-11)37(26(4)34(51)27(5)39(54)59-33)60-40-35(52)32(48(8)9)20-25(3)58-40/h15-17,21,23-28,32-33,35-37,40,52H,12-14,18-20,22,44H2,1-11H3,(H,45,53)/t24-,25?,26+,27-,28-,32?,33-,35?,36-,37-,40+,42-/m1/s1. The molecule has 3 saturated heterocycles. The highest BCUT2D eigenvalue weighted by molar-refractivity contribution is 6.00. The molecule has 0 radical (unpaired) electrons. The number of unbranched alkanes of at least 4 members (excludes halogenated alkanes) is 1. The van der Waals surface area contributed by atoms with E-state index in [1.165, 1.54) is 21.1 Å². The quantitative estimate of drug-likeness (QED) is 0.0916. The molecular formula is C43H67N7O11. The molecule has 340 valence electrons. The lowest BCUT2D eigenvalue weighted by Gasteiger charge is -2.47. The van der Waals surface area contributed by atoms with Crippen LogP contribution in [0.1, 0.15) is 80.6 Å². The summed E-state index contributed by atoms with van der Waals surface area (Å²) in [7, 11) is 6.47. The monoisotopic (exact) mass is 857 g/mol. The third-order valence-corrected chi connectivity index (χ3v) is 12.7. The molecule has 1 aromatic heterocycles. The number of methoxy groups -OCH3 is 2. The van der Waals surface area contributed by atoms with Crippen molar-refractivity contribution in [2.45, 2.75) is 147 Å². The van der Waals surface area contributed by atoms with E-state index in [2.05, 4.69) is 15.6 Å². The van der Waals surface area contributed by atoms with Crippen LogP contribution in [0.15, 0.2) is 30.5 Å². The lowest BCUT2D eigenvalue weighted by Crippen LogP contribution is -2.62. The van der Waals surface area contributed by atoms with Crippen LogP contribution in [0.2, 0.25) is 0 Å². The Balaban J connectivity index is 1.43. The molecule has 2 amide bonds. The third-order valence-electron chi connectivity index (χ3n) is 12.7. The number of esters is 1. The first-order chi connectivity index (χ1) is 28.8. The van der Waals surface area contributed by atoms with Crippen molar-refractivity contribution < 1.29 is 52.7 Å². The Morgan fingerprint density at radius 3 is 2.38 bits per heavy atom. The number of hydrogen-bond acceptors (Lipinski definition) is 15. The van der Waals surface area contributed by atoms with Crippen LogP contribution in [0.3, 0.4) is 0 Å². The summed E-state index contributed by atoms with van der Waals surface area (Å²) in [6.45, 7) is 12.7. The second-order valence-electron chi connectivity index (χ2n) is 17.4. The topological polar surface area (TPSA) is 219 Å². The lowest BCUT2D eigenvalue weighted by molar-refractivity contribution is -0.340. The van der Waals surface area contributed by atoms with Gasteiger partial charge >= 0.3 is 12.1 Å². The molecule has 18 heteroatoms. The summed E-state index contributed by atoms with van der Waals surface area (Å²) in [5.41, 5.74) is 6.69. The number of Topliss-reactive ketones (excluding diaryl/α,β-unsaturated/α-hetero) is 1. The zero-order valence-electron chi connectivity index (χ0n) is 37.5. The molecule has 3 fully saturated rings. The normalized spacial score (nSPS) is 34.0. The van der Waals surface area contributed by atoms with Crippen molar-refractivity contribution in [3.8, 4) is 11.3 Å². The van der Waals surface area contributed by atoms with Gasteiger partial charge < -0.3 is 49.5 Å². The Bertz CT molecular complexity index is 1840. The number of rotatable bonds is 12. The van der Waals surface area contributed by atoms with Gasteiger partial charge in [0.1, 0.15) is 29.9 Å². The number of anilines is 1. The summed E-state index contributed by atoms with van der Waals surface area (Å²) in [6.07, 6.45) is -1.83. The number of ketones is 1. The highest BCUT2D eigenvalue weighted by Crippen LogP contribution is 2.40. The SMILES string of the molecule is CC[C@H]1OC(=O)[C@H](C)C(=O)[C@H](C)[C@@H](O[C@@H]2OC(C)CC(N(C)C)C2O)C(OC)(OC)C[C@@H](C)C(=O)N[C@H](C)[C@H]2N(CCCCn3cc(-c4cccc(N)c4)nn3)C(=O)O[C@]12C. The Labute approximate surface area is 359 Å². The number of aliphatic hydroxyl groups is 1. The van der Waals surface area contributed by atoms with Crippen molar-refractivity contribution in [2.75, 3.05) is 40.6 Å². The fraction of sp³-hybridized carbons (Fsp3) is 0.721. The van der Waals surface area contributed by atoms with Crippen molar-refractivity contribution in [3.05, 3.63) is 30.5 Å². The summed E-state index contributed by atoms with van der Waals surface area (Å²) in [5, 5.41) is 23.1. The predicted molar refractivity (Wildman–Crippen MR) is 223 cm³/mol. The summed E-state index contributed by atoms with van der Waals surface area (Å²) in [5.74, 6) is -6.72. The minimum Gasteiger partial charge on any atom is -0.458 e. The summed E-state index contributed by atoms with van der Waals surface area (Å²) in [4.78, 5) is 60.0. The van der Waals surface area contributed by atoms with Crippen molar-refractivity contribution in [3.63, 3.8) is 0 Å². The van der Waals surface area contributed by atoms with E-state index in [1.807, 2.05) is 50.3 Å². The molecule has 0 spiro atoms. The molecule has 18 nitrogen and oxygen atoms in total. The summed E-state index contributed by atoms with van der Waals surface area (Å²) >= 11 is 0. The highest BCUT2D eigenvalue weighted by atomic mass is 16.7. The number of nitrogens with one attached hydrogen (secondary N) is 1. The van der Waals surface area contributed by atoms with Gasteiger partial charge in [0, 0.05) is 62.9 Å². The molecule has 3 aliphatic rings. The number of amides is 2. The van der Waals surface area contributed by atoms with E-state index >= 15 is 0 Å². The molecule has 61 heavy (non-hydrogen) atoms. The number of cyclic esters (lactones) is 1. The zero-order valence-corrected chi connectivity index (χ0v) is 37.5. The van der Waals surface area contributed by atoms with Gasteiger partial charge in [0.05, 0.1) is 24.4 Å². The number of carbonyl (C=O) groups is 4. The molecule has 5 rings (SSSR count). The Kier molecular flexibility index (Phi) is 15.6. The van der Waals surface area contributed by atoms with Gasteiger partial charge in [0.15, 0.2) is 23.5 Å². The molecule has 12 atom stereocenters. The average Bonchev–Trinajstić information content (AvgIpc) is 3.80. The first-order valence-corrected chi connectivity index (χ1v) is 21.4. The summed E-state index contributed by atoms with van der Waals surface area (Å²) < 4.78 is 38.8. The number of aliphatic hydroxyl groups excluding tert-OH is 1. The predicted octanol–water partition coefficient (Wildman–Crippen LogP) is 3.39. The lowest BCUT2D eigenvalue weighted by atomic mass is 9.83. The van der Waals surface area contributed by atoms with Crippen molar-refractivity contribution in [1.29, 1.82) is 0 Å². The van der Waals surface area contributed by atoms with Crippen molar-refractivity contribution in [1.82, 2.24) is 30.1 Å². The smallest absolute Gasteiger partial charge is 0.410 e. The number of fused-ring (bicyclic) bond motifs is 1. The molecule has 2 aromatic rings. The van der Waals surface area contributed by atoms with Crippen LogP contribution in [0.5, 0.6) is 0 Å². The molecule has 4 N–H and O–H groups in total. The van der Waals surface area contributed by atoms with E-state index in [1.54, 1.807) is 50.3 Å². The van der Waals surface area contributed by atoms with Crippen LogP contribution in [0, 0.1) is 17.8 Å². The maximum Gasteiger partial charge on any atom is 0.410 e. The van der Waals surface area contributed by atoms with Crippen molar-refractivity contribution >= 4 is 29.4 Å². The summed E-state index contributed by atoms with van der Waals surface area (Å²) in [6, 6.07) is 5.57. The molecule has 0 saturated carbocycles. The maximum absolute atomic E-state index is 14.4. The number of likely N-dealkylation sites (N-methyl/N-ethyl adjacent to an activating group) is 1. The van der Waals surface area contributed by atoms with Gasteiger partial charge in [-0.25, -0.2) is 4.79 Å². The molecular weight excluding hydrogens is 791 g/mol. The largest absolute Gasteiger partial charge is 0.458 e. The molecule has 0 bridgehead atoms. The number of nitrogens with two attached hydrogens (primary N) is 1. The second kappa shape index (κ2) is 19.9. The van der Waals surface area contributed by atoms with Gasteiger partial charge in [0.2, 0.25) is 5.91 Å². The van der Waals surface area contributed by atoms with E-state index in [-0.39, 0.29) is 31.5 Å². The van der Waals surface area contributed by atoms with Gasteiger partial charge in [-0.2, -0.15) is 0 Å². The molecule has 3 aliphatic heterocycles. The first kappa shape index (κ1) is 47.8. The number of hydrogen-bond donors (Lipinski definition) is 3. The number of nitrogen functional groups attached to an aromatic ring is 1. The fourth-order valence-corrected chi connectivity index (χ4v) is 9.25. The Morgan fingerprint density at radius 1 is 1.05 bits per heavy atom. The van der Waals surface area contributed by atoms with E-state index in [4.69, 9.17) is 34.2 Å². The Hall–Kier alpha value is -4.20. The van der Waals surface area contributed by atoms with Gasteiger partial charge in [-0.05, 0) is 79.6 Å². The highest BCUT2D eigenvalue weighted by Gasteiger charge is 2.59. The number of carbonyl (C=O) groups excluding carboxylic acids is 4. The minimum absolute atomic E-state index is 0.102. The number of ether oxygens (including phenoxy) is 6. The zero-order chi connectivity index (χ0) is 45.0. The van der Waals surface area contributed by atoms with E-state index in [9.17, 15) is 24.3 Å². The number of nitrogens with zero attached hydrogens (tertiary/aromatic N) is 5. The van der Waals surface area contributed by atoms with Gasteiger partial charge in [-0.3, -0.25) is 24.0 Å². The van der Waals surface area contributed by atoms with Crippen LogP contribution < -0.4 is 11.1 Å². The number of aryl methyl sites for hydroxylation is 1. The number of benzene rings is 1. The van der Waals surface area contributed by atoms with Gasteiger partial charge in [0.25, 0.3) is 0 Å². The van der Waals surface area contributed by atoms with Crippen LogP contribution in [0.4, 0.5) is 10.5 Å². The fourth-order valence-electron chi connectivity index (χ4n) is 9.25. The van der Waals surface area contributed by atoms with Crippen LogP contribution in [-0.4, -0.2) is 149 Å². The second-order valence-corrected chi connectivity index (χ2v) is 17.4. The Morgan fingerprint density at radius 2 is 1.74 bits per heavy atom. The van der Waals surface area contributed by atoms with Crippen LogP contribution in [0.25, 0.3) is 11.3 Å². The average molecular weight is 858 g/mol. The van der Waals surface area contributed by atoms with E-state index in [0.29, 0.717) is 37.2 Å². The van der Waals surface area contributed by atoms with Gasteiger partial charge in [-0.1, -0.05) is 38.1 Å². The molecule has 3 unspecified atom stereocenters. The van der Waals surface area contributed by atoms with Crippen molar-refractivity contribution in [2.24, 2.45) is 17.8 Å². The van der Waals surface area contributed by atoms with Crippen LogP contribution >= 0.6 is 0 Å². The van der Waals surface area contributed by atoms with E-state index in [0.717, 1.165) is 5.56 Å². The van der Waals surface area contributed by atoms with Crippen LogP contribution in [-0.2, 0) is 49.3 Å². The van der Waals surface area contributed by atoms with E-state index < -0.39 is 89.6 Å². The molecule has 1 aromatic carbocycles. The molecule has 0 aliphatic carbocycles. The maximum atomic E-state index is 14.4. The third kappa shape index (κ3) is 10.2. The first-order valence-electron chi connectivity index (χ1n) is 21.4. The minimum atomic E-state index is -1.74. The molecule has 4 heterocycles.